The van der Waals surface area contributed by atoms with Gasteiger partial charge in [-0.15, -0.1) is 0 Å². The minimum Gasteiger partial charge on any atom is -0.334 e. The van der Waals surface area contributed by atoms with E-state index in [1.54, 1.807) is 0 Å². The van der Waals surface area contributed by atoms with E-state index in [1.165, 1.54) is 19.3 Å². The highest BCUT2D eigenvalue weighted by Gasteiger charge is 2.15. The molecule has 0 aromatic rings. The van der Waals surface area contributed by atoms with Crippen molar-refractivity contribution in [2.75, 3.05) is 6.54 Å². The van der Waals surface area contributed by atoms with Crippen LogP contribution in [0.25, 0.3) is 0 Å². The van der Waals surface area contributed by atoms with Crippen molar-refractivity contribution in [1.82, 2.24) is 10.6 Å². The molecule has 0 atom stereocenters. The monoisotopic (exact) mass is 169 g/mol. The molecule has 3 nitrogen and oxygen atoms in total. The molecule has 3 heteroatoms. The Morgan fingerprint density at radius 3 is 2.67 bits per heavy atom. The maximum atomic E-state index is 11.0. The number of rotatable bonds is 2. The van der Waals surface area contributed by atoms with E-state index in [-0.39, 0.29) is 6.03 Å². The standard InChI is InChI=1S/C9H17N2O/c1-2-10-9(12)11-8-6-4-3-5-7-8/h8H,2-7H2,1H3,(H,11,12). The molecular formula is C9H17N2O. The quantitative estimate of drug-likeness (QED) is 0.671. The maximum Gasteiger partial charge on any atom is 0.336 e. The molecule has 1 fully saturated rings. The van der Waals surface area contributed by atoms with Crippen molar-refractivity contribution in [3.63, 3.8) is 0 Å². The normalized spacial score (nSPS) is 18.8. The molecule has 1 aliphatic carbocycles. The molecule has 0 saturated heterocycles. The molecule has 0 aromatic heterocycles. The lowest BCUT2D eigenvalue weighted by molar-refractivity contribution is 0.232. The second kappa shape index (κ2) is 5.01. The molecule has 1 N–H and O–H groups in total. The summed E-state index contributed by atoms with van der Waals surface area (Å²) in [6.07, 6.45) is 6.07. The van der Waals surface area contributed by atoms with Gasteiger partial charge in [-0.1, -0.05) is 19.3 Å². The molecule has 2 amide bonds. The fourth-order valence-corrected chi connectivity index (χ4v) is 1.61. The lowest BCUT2D eigenvalue weighted by atomic mass is 9.96. The van der Waals surface area contributed by atoms with E-state index in [1.807, 2.05) is 6.92 Å². The first-order valence-corrected chi connectivity index (χ1v) is 4.81. The summed E-state index contributed by atoms with van der Waals surface area (Å²) in [4.78, 5) is 11.0. The summed E-state index contributed by atoms with van der Waals surface area (Å²) in [7, 11) is 0. The van der Waals surface area contributed by atoms with Crippen LogP contribution >= 0.6 is 0 Å². The van der Waals surface area contributed by atoms with Crippen molar-refractivity contribution < 1.29 is 4.79 Å². The van der Waals surface area contributed by atoms with Gasteiger partial charge in [0, 0.05) is 12.6 Å². The van der Waals surface area contributed by atoms with Crippen molar-refractivity contribution in [2.45, 2.75) is 45.1 Å². The Bertz CT molecular complexity index is 141. The van der Waals surface area contributed by atoms with Gasteiger partial charge in [0.05, 0.1) is 0 Å². The first kappa shape index (κ1) is 9.36. The van der Waals surface area contributed by atoms with Gasteiger partial charge < -0.3 is 5.32 Å². The van der Waals surface area contributed by atoms with Gasteiger partial charge in [-0.25, -0.2) is 10.1 Å². The summed E-state index contributed by atoms with van der Waals surface area (Å²) >= 11 is 0. The van der Waals surface area contributed by atoms with Gasteiger partial charge in [-0.05, 0) is 19.8 Å². The summed E-state index contributed by atoms with van der Waals surface area (Å²) < 4.78 is 0. The fourth-order valence-electron chi connectivity index (χ4n) is 1.61. The highest BCUT2D eigenvalue weighted by Crippen LogP contribution is 2.16. The summed E-state index contributed by atoms with van der Waals surface area (Å²) in [6, 6.07) is 0.256. The predicted octanol–water partition coefficient (Wildman–Crippen LogP) is 1.65. The summed E-state index contributed by atoms with van der Waals surface area (Å²) in [5.74, 6) is 0. The third kappa shape index (κ3) is 3.11. The van der Waals surface area contributed by atoms with Crippen LogP contribution in [0.15, 0.2) is 0 Å². The number of carbonyl (C=O) groups excluding carboxylic acids is 1. The van der Waals surface area contributed by atoms with Crippen molar-refractivity contribution >= 4 is 6.03 Å². The highest BCUT2D eigenvalue weighted by molar-refractivity contribution is 5.73. The van der Waals surface area contributed by atoms with Gasteiger partial charge in [0.2, 0.25) is 0 Å². The number of carbonyl (C=O) groups is 1. The number of nitrogens with one attached hydrogen (secondary N) is 1. The van der Waals surface area contributed by atoms with Crippen LogP contribution < -0.4 is 10.6 Å². The van der Waals surface area contributed by atoms with Crippen molar-refractivity contribution in [3.8, 4) is 0 Å². The van der Waals surface area contributed by atoms with Crippen LogP contribution in [0.1, 0.15) is 39.0 Å². The minimum atomic E-state index is -0.135. The van der Waals surface area contributed by atoms with Crippen molar-refractivity contribution in [2.24, 2.45) is 0 Å². The summed E-state index contributed by atoms with van der Waals surface area (Å²) in [5, 5.41) is 6.68. The SMILES string of the molecule is CC[N]C(=O)NC1CCCCC1. The number of amides is 2. The summed E-state index contributed by atoms with van der Waals surface area (Å²) in [6.45, 7) is 2.46. The Morgan fingerprint density at radius 1 is 1.42 bits per heavy atom. The van der Waals surface area contributed by atoms with Crippen molar-refractivity contribution in [3.05, 3.63) is 0 Å². The molecule has 0 spiro atoms. The predicted molar refractivity (Wildman–Crippen MR) is 48.1 cm³/mol. The zero-order chi connectivity index (χ0) is 8.81. The second-order valence-electron chi connectivity index (χ2n) is 3.26. The van der Waals surface area contributed by atoms with Gasteiger partial charge in [-0.3, -0.25) is 0 Å². The molecular weight excluding hydrogens is 152 g/mol. The third-order valence-corrected chi connectivity index (χ3v) is 2.23. The van der Waals surface area contributed by atoms with Crippen LogP contribution in [0.3, 0.4) is 0 Å². The van der Waals surface area contributed by atoms with E-state index < -0.39 is 0 Å². The Balaban J connectivity index is 2.15. The minimum absolute atomic E-state index is 0.135. The molecule has 12 heavy (non-hydrogen) atoms. The molecule has 0 bridgehead atoms. The van der Waals surface area contributed by atoms with Gasteiger partial charge in [0.15, 0.2) is 0 Å². The Hall–Kier alpha value is -0.730. The smallest absolute Gasteiger partial charge is 0.334 e. The number of hydrogen-bond donors (Lipinski definition) is 1. The first-order valence-electron chi connectivity index (χ1n) is 4.81. The second-order valence-corrected chi connectivity index (χ2v) is 3.26. The molecule has 1 rings (SSSR count). The van der Waals surface area contributed by atoms with Crippen LogP contribution in [0.5, 0.6) is 0 Å². The van der Waals surface area contributed by atoms with E-state index in [9.17, 15) is 4.79 Å². The number of urea groups is 1. The molecule has 0 unspecified atom stereocenters. The fraction of sp³-hybridized carbons (Fsp3) is 0.889. The molecule has 0 heterocycles. The van der Waals surface area contributed by atoms with Gasteiger partial charge in [0.1, 0.15) is 0 Å². The zero-order valence-corrected chi connectivity index (χ0v) is 7.68. The van der Waals surface area contributed by atoms with E-state index in [0.29, 0.717) is 12.6 Å². The zero-order valence-electron chi connectivity index (χ0n) is 7.68. The average molecular weight is 169 g/mol. The van der Waals surface area contributed by atoms with Gasteiger partial charge in [0.25, 0.3) is 0 Å². The van der Waals surface area contributed by atoms with Crippen LogP contribution in [-0.2, 0) is 0 Å². The molecule has 69 valence electrons. The molecule has 0 aromatic carbocycles. The molecule has 1 saturated carbocycles. The van der Waals surface area contributed by atoms with Crippen LogP contribution in [0.2, 0.25) is 0 Å². The maximum absolute atomic E-state index is 11.0. The van der Waals surface area contributed by atoms with Gasteiger partial charge >= 0.3 is 6.03 Å². The topological polar surface area (TPSA) is 43.2 Å². The highest BCUT2D eigenvalue weighted by atomic mass is 16.2. The van der Waals surface area contributed by atoms with E-state index in [2.05, 4.69) is 10.6 Å². The van der Waals surface area contributed by atoms with Gasteiger partial charge in [-0.2, -0.15) is 0 Å². The lowest BCUT2D eigenvalue weighted by Gasteiger charge is -2.22. The van der Waals surface area contributed by atoms with E-state index in [4.69, 9.17) is 0 Å². The molecule has 1 radical (unpaired) electrons. The van der Waals surface area contributed by atoms with E-state index >= 15 is 0 Å². The molecule has 1 aliphatic rings. The first-order chi connectivity index (χ1) is 5.83. The molecule has 0 aliphatic heterocycles. The Morgan fingerprint density at radius 2 is 2.08 bits per heavy atom. The van der Waals surface area contributed by atoms with Crippen LogP contribution in [0, 0.1) is 0 Å². The third-order valence-electron chi connectivity index (χ3n) is 2.23. The lowest BCUT2D eigenvalue weighted by Crippen LogP contribution is -2.39. The van der Waals surface area contributed by atoms with Crippen LogP contribution in [-0.4, -0.2) is 18.6 Å². The largest absolute Gasteiger partial charge is 0.336 e. The summed E-state index contributed by atoms with van der Waals surface area (Å²) in [5.41, 5.74) is 0. The average Bonchev–Trinajstić information content (AvgIpc) is 2.06. The number of hydrogen-bond acceptors (Lipinski definition) is 1. The Labute approximate surface area is 73.9 Å². The van der Waals surface area contributed by atoms with Crippen LogP contribution in [0.4, 0.5) is 4.79 Å². The van der Waals surface area contributed by atoms with Crippen molar-refractivity contribution in [1.29, 1.82) is 0 Å². The number of nitrogens with zero attached hydrogens (tertiary/aromatic N) is 1. The Kier molecular flexibility index (Phi) is 3.91. The van der Waals surface area contributed by atoms with E-state index in [0.717, 1.165) is 12.8 Å².